The molecule has 1 aliphatic rings. The van der Waals surface area contributed by atoms with E-state index >= 15 is 0 Å². The number of fused-ring (bicyclic) bond motifs is 1. The maximum Gasteiger partial charge on any atom is 0.293 e. The van der Waals surface area contributed by atoms with E-state index in [4.69, 9.17) is 0 Å². The third-order valence-corrected chi connectivity index (χ3v) is 4.15. The Labute approximate surface area is 132 Å². The first kappa shape index (κ1) is 15.4. The molecule has 8 heteroatoms. The molecule has 3 rings (SSSR count). The number of aromatic amines is 1. The largest absolute Gasteiger partial charge is 0.378 e. The Hall–Kier alpha value is -2.48. The highest BCUT2D eigenvalue weighted by atomic mass is 16.6. The number of likely N-dealkylation sites (tertiary alicyclic amines) is 1. The van der Waals surface area contributed by atoms with Gasteiger partial charge >= 0.3 is 0 Å². The fraction of sp³-hybridized carbons (Fsp3) is 0.467. The van der Waals surface area contributed by atoms with E-state index in [2.05, 4.69) is 20.2 Å². The van der Waals surface area contributed by atoms with Gasteiger partial charge in [-0.05, 0) is 32.0 Å². The van der Waals surface area contributed by atoms with Crippen LogP contribution < -0.4 is 10.9 Å². The minimum Gasteiger partial charge on any atom is -0.378 e. The molecule has 1 aromatic heterocycles. The number of nitro benzene ring substituents is 1. The fourth-order valence-corrected chi connectivity index (χ4v) is 2.93. The van der Waals surface area contributed by atoms with Gasteiger partial charge in [-0.3, -0.25) is 14.9 Å². The zero-order chi connectivity index (χ0) is 16.2. The van der Waals surface area contributed by atoms with Crippen molar-refractivity contribution in [2.75, 3.05) is 31.5 Å². The van der Waals surface area contributed by atoms with E-state index in [0.29, 0.717) is 17.7 Å². The van der Waals surface area contributed by atoms with E-state index in [1.165, 1.54) is 31.7 Å². The second kappa shape index (κ2) is 6.74. The minimum atomic E-state index is -0.477. The molecular formula is C15H19N5O3. The lowest BCUT2D eigenvalue weighted by Gasteiger charge is -2.26. The molecule has 2 heterocycles. The molecule has 122 valence electrons. The lowest BCUT2D eigenvalue weighted by atomic mass is 10.1. The molecule has 0 unspecified atom stereocenters. The Bertz CT molecular complexity index is 767. The summed E-state index contributed by atoms with van der Waals surface area (Å²) < 4.78 is 0. The molecular weight excluding hydrogens is 298 g/mol. The summed E-state index contributed by atoms with van der Waals surface area (Å²) in [6, 6.07) is 2.85. The minimum absolute atomic E-state index is 0.102. The summed E-state index contributed by atoms with van der Waals surface area (Å²) in [6.45, 7) is 3.63. The molecule has 0 atom stereocenters. The van der Waals surface area contributed by atoms with Crippen molar-refractivity contribution in [3.8, 4) is 0 Å². The van der Waals surface area contributed by atoms with Crippen LogP contribution in [0.1, 0.15) is 19.3 Å². The number of nitrogens with one attached hydrogen (secondary N) is 2. The van der Waals surface area contributed by atoms with E-state index in [9.17, 15) is 14.9 Å². The fourth-order valence-electron chi connectivity index (χ4n) is 2.93. The number of piperidine rings is 1. The monoisotopic (exact) mass is 317 g/mol. The van der Waals surface area contributed by atoms with Crippen LogP contribution in [0.4, 0.5) is 11.4 Å². The van der Waals surface area contributed by atoms with Crippen molar-refractivity contribution in [1.29, 1.82) is 0 Å². The van der Waals surface area contributed by atoms with Gasteiger partial charge in [-0.2, -0.15) is 0 Å². The van der Waals surface area contributed by atoms with Gasteiger partial charge in [-0.15, -0.1) is 0 Å². The third-order valence-electron chi connectivity index (χ3n) is 4.15. The van der Waals surface area contributed by atoms with Gasteiger partial charge in [0.15, 0.2) is 0 Å². The smallest absolute Gasteiger partial charge is 0.293 e. The van der Waals surface area contributed by atoms with Crippen LogP contribution >= 0.6 is 0 Å². The van der Waals surface area contributed by atoms with Gasteiger partial charge in [-0.1, -0.05) is 6.42 Å². The van der Waals surface area contributed by atoms with Crippen LogP contribution in [0.15, 0.2) is 23.3 Å². The van der Waals surface area contributed by atoms with Crippen LogP contribution in [-0.4, -0.2) is 46.0 Å². The predicted octanol–water partition coefficient (Wildman–Crippen LogP) is 1.73. The third kappa shape index (κ3) is 3.48. The van der Waals surface area contributed by atoms with Crippen LogP contribution in [-0.2, 0) is 0 Å². The van der Waals surface area contributed by atoms with Crippen LogP contribution in [0, 0.1) is 10.1 Å². The number of nitro groups is 1. The number of anilines is 1. The van der Waals surface area contributed by atoms with Crippen LogP contribution in [0.2, 0.25) is 0 Å². The Morgan fingerprint density at radius 3 is 2.83 bits per heavy atom. The van der Waals surface area contributed by atoms with Crippen molar-refractivity contribution in [1.82, 2.24) is 14.9 Å². The molecule has 1 aliphatic heterocycles. The summed E-state index contributed by atoms with van der Waals surface area (Å²) in [5, 5.41) is 14.6. The Balaban J connectivity index is 1.79. The normalized spacial score (nSPS) is 15.7. The lowest BCUT2D eigenvalue weighted by molar-refractivity contribution is -0.383. The highest BCUT2D eigenvalue weighted by molar-refractivity contribution is 5.86. The topological polar surface area (TPSA) is 104 Å². The molecule has 1 aromatic carbocycles. The van der Waals surface area contributed by atoms with Crippen molar-refractivity contribution < 1.29 is 4.92 Å². The van der Waals surface area contributed by atoms with Crippen LogP contribution in [0.25, 0.3) is 10.9 Å². The molecule has 2 aromatic rings. The molecule has 2 N–H and O–H groups in total. The molecule has 0 saturated carbocycles. The van der Waals surface area contributed by atoms with Gasteiger partial charge in [0.1, 0.15) is 5.69 Å². The highest BCUT2D eigenvalue weighted by Crippen LogP contribution is 2.27. The summed E-state index contributed by atoms with van der Waals surface area (Å²) in [5.74, 6) is 0. The second-order valence-electron chi connectivity index (χ2n) is 5.70. The van der Waals surface area contributed by atoms with Gasteiger partial charge in [0.25, 0.3) is 11.2 Å². The Kier molecular flexibility index (Phi) is 4.52. The van der Waals surface area contributed by atoms with Crippen molar-refractivity contribution in [3.63, 3.8) is 0 Å². The quantitative estimate of drug-likeness (QED) is 0.643. The molecule has 0 bridgehead atoms. The highest BCUT2D eigenvalue weighted by Gasteiger charge is 2.17. The summed E-state index contributed by atoms with van der Waals surface area (Å²) >= 11 is 0. The molecule has 1 fully saturated rings. The number of H-pyrrole nitrogens is 1. The maximum atomic E-state index is 11.7. The van der Waals surface area contributed by atoms with Crippen molar-refractivity contribution in [2.45, 2.75) is 19.3 Å². The SMILES string of the molecule is O=c1[nH]cnc2cc(NCCN3CCCCC3)c([N+](=O)[O-])cc12. The zero-order valence-electron chi connectivity index (χ0n) is 12.7. The molecule has 0 amide bonds. The number of nitrogens with zero attached hydrogens (tertiary/aromatic N) is 3. The predicted molar refractivity (Wildman–Crippen MR) is 87.8 cm³/mol. The van der Waals surface area contributed by atoms with Gasteiger partial charge in [0.2, 0.25) is 0 Å². The van der Waals surface area contributed by atoms with Gasteiger partial charge in [0.05, 0.1) is 22.2 Å². The van der Waals surface area contributed by atoms with Crippen molar-refractivity contribution in [3.05, 3.63) is 38.9 Å². The first-order valence-corrected chi connectivity index (χ1v) is 7.77. The second-order valence-corrected chi connectivity index (χ2v) is 5.70. The average molecular weight is 317 g/mol. The number of hydrogen-bond donors (Lipinski definition) is 2. The molecule has 0 radical (unpaired) electrons. The van der Waals surface area contributed by atoms with E-state index in [1.54, 1.807) is 6.07 Å². The Morgan fingerprint density at radius 2 is 2.09 bits per heavy atom. The standard InChI is InChI=1S/C15H19N5O3/c21-15-11-8-14(20(22)23)13(9-12(11)17-10-18-15)16-4-7-19-5-2-1-3-6-19/h8-10,16H,1-7H2,(H,17,18,21). The van der Waals surface area contributed by atoms with E-state index in [-0.39, 0.29) is 16.6 Å². The van der Waals surface area contributed by atoms with Crippen LogP contribution in [0.3, 0.4) is 0 Å². The number of aromatic nitrogens is 2. The zero-order valence-corrected chi connectivity index (χ0v) is 12.7. The summed E-state index contributed by atoms with van der Waals surface area (Å²) in [4.78, 5) is 31.4. The van der Waals surface area contributed by atoms with Crippen LogP contribution in [0.5, 0.6) is 0 Å². The summed E-state index contributed by atoms with van der Waals surface area (Å²) in [6.07, 6.45) is 5.00. The molecule has 1 saturated heterocycles. The average Bonchev–Trinajstić information content (AvgIpc) is 2.55. The van der Waals surface area contributed by atoms with Gasteiger partial charge < -0.3 is 15.2 Å². The Morgan fingerprint density at radius 1 is 1.30 bits per heavy atom. The maximum absolute atomic E-state index is 11.7. The molecule has 0 aliphatic carbocycles. The summed E-state index contributed by atoms with van der Waals surface area (Å²) in [5.41, 5.74) is 0.366. The van der Waals surface area contributed by atoms with Crippen molar-refractivity contribution >= 4 is 22.3 Å². The van der Waals surface area contributed by atoms with E-state index in [1.807, 2.05) is 0 Å². The van der Waals surface area contributed by atoms with Gasteiger partial charge in [0, 0.05) is 19.2 Å². The molecule has 23 heavy (non-hydrogen) atoms. The van der Waals surface area contributed by atoms with E-state index in [0.717, 1.165) is 19.6 Å². The first-order valence-electron chi connectivity index (χ1n) is 7.77. The molecule has 0 spiro atoms. The number of rotatable bonds is 5. The van der Waals surface area contributed by atoms with Crippen molar-refractivity contribution in [2.24, 2.45) is 0 Å². The number of benzene rings is 1. The first-order chi connectivity index (χ1) is 11.1. The molecule has 8 nitrogen and oxygen atoms in total. The summed E-state index contributed by atoms with van der Waals surface area (Å²) in [7, 11) is 0. The lowest BCUT2D eigenvalue weighted by Crippen LogP contribution is -2.33. The van der Waals surface area contributed by atoms with E-state index < -0.39 is 4.92 Å². The van der Waals surface area contributed by atoms with Gasteiger partial charge in [-0.25, -0.2) is 4.98 Å². The number of hydrogen-bond acceptors (Lipinski definition) is 6.